The number of aliphatic imine (C=N–C) groups is 1. The fourth-order valence-electron chi connectivity index (χ4n) is 3.09. The maximum absolute atomic E-state index is 14.2. The summed E-state index contributed by atoms with van der Waals surface area (Å²) >= 11 is 5.85. The van der Waals surface area contributed by atoms with Crippen molar-refractivity contribution in [2.24, 2.45) is 4.99 Å². The molecule has 0 bridgehead atoms. The first kappa shape index (κ1) is 22.9. The van der Waals surface area contributed by atoms with Gasteiger partial charge < -0.3 is 9.47 Å². The molecule has 1 heterocycles. The number of halogens is 4. The van der Waals surface area contributed by atoms with Crippen LogP contribution < -0.4 is 5.32 Å². The number of benzene rings is 2. The van der Waals surface area contributed by atoms with E-state index < -0.39 is 30.0 Å². The van der Waals surface area contributed by atoms with E-state index in [1.165, 1.54) is 18.2 Å². The van der Waals surface area contributed by atoms with E-state index >= 15 is 0 Å². The van der Waals surface area contributed by atoms with Crippen molar-refractivity contribution in [3.05, 3.63) is 64.2 Å². The van der Waals surface area contributed by atoms with Gasteiger partial charge in [0.05, 0.1) is 6.54 Å². The molecule has 0 aromatic heterocycles. The van der Waals surface area contributed by atoms with Gasteiger partial charge >= 0.3 is 12.3 Å². The minimum absolute atomic E-state index is 0.109. The first-order valence-electron chi connectivity index (χ1n) is 9.48. The lowest BCUT2D eigenvalue weighted by molar-refractivity contribution is -0.249. The molecule has 1 atom stereocenters. The normalized spacial score (nSPS) is 18.9. The summed E-state index contributed by atoms with van der Waals surface area (Å²) in [6, 6.07) is 10.2. The Balaban J connectivity index is 1.88. The standard InChI is InChI=1S/C22H22ClF3N2O3/c1-13-11-15(7-10-17(13)28-19(29)31-20(2,3)4)21(22(24,25)26)12-27-18(30-21)14-5-8-16(23)9-6-14/h5-11H,12H2,1-4H3,(H,28,29). The van der Waals surface area contributed by atoms with Crippen LogP contribution in [0.5, 0.6) is 0 Å². The largest absolute Gasteiger partial charge is 0.454 e. The van der Waals surface area contributed by atoms with Crippen LogP contribution >= 0.6 is 11.6 Å². The summed E-state index contributed by atoms with van der Waals surface area (Å²) in [5, 5.41) is 3.00. The number of hydrogen-bond acceptors (Lipinski definition) is 4. The number of hydrogen-bond donors (Lipinski definition) is 1. The van der Waals surface area contributed by atoms with Crippen molar-refractivity contribution in [3.8, 4) is 0 Å². The molecule has 0 radical (unpaired) electrons. The molecule has 0 fully saturated rings. The summed E-state index contributed by atoms with van der Waals surface area (Å²) < 4.78 is 53.1. The van der Waals surface area contributed by atoms with Crippen LogP contribution in [0.25, 0.3) is 0 Å². The fraction of sp³-hybridized carbons (Fsp3) is 0.364. The van der Waals surface area contributed by atoms with Crippen LogP contribution in [0.1, 0.15) is 37.5 Å². The predicted molar refractivity (Wildman–Crippen MR) is 113 cm³/mol. The van der Waals surface area contributed by atoms with E-state index in [4.69, 9.17) is 21.1 Å². The third-order valence-corrected chi connectivity index (χ3v) is 4.85. The molecular weight excluding hydrogens is 433 g/mol. The van der Waals surface area contributed by atoms with Crippen LogP contribution in [-0.4, -0.2) is 30.3 Å². The van der Waals surface area contributed by atoms with Crippen molar-refractivity contribution < 1.29 is 27.4 Å². The summed E-state index contributed by atoms with van der Waals surface area (Å²) in [5.74, 6) is -0.109. The monoisotopic (exact) mass is 454 g/mol. The average Bonchev–Trinajstić information content (AvgIpc) is 3.09. The van der Waals surface area contributed by atoms with E-state index in [0.717, 1.165) is 0 Å². The molecule has 0 spiro atoms. The Morgan fingerprint density at radius 2 is 1.81 bits per heavy atom. The molecule has 0 saturated carbocycles. The van der Waals surface area contributed by atoms with Gasteiger partial charge in [0.1, 0.15) is 5.60 Å². The molecule has 31 heavy (non-hydrogen) atoms. The van der Waals surface area contributed by atoms with Gasteiger partial charge in [-0.05, 0) is 69.7 Å². The zero-order chi connectivity index (χ0) is 23.0. The highest BCUT2D eigenvalue weighted by Gasteiger charge is 2.61. The number of aryl methyl sites for hydroxylation is 1. The highest BCUT2D eigenvalue weighted by atomic mass is 35.5. The van der Waals surface area contributed by atoms with E-state index in [-0.39, 0.29) is 11.5 Å². The molecule has 2 aromatic carbocycles. The second-order valence-electron chi connectivity index (χ2n) is 8.21. The first-order valence-corrected chi connectivity index (χ1v) is 9.86. The lowest BCUT2D eigenvalue weighted by Gasteiger charge is -2.31. The number of alkyl halides is 3. The molecule has 2 aromatic rings. The summed E-state index contributed by atoms with van der Waals surface area (Å²) in [6.45, 7) is 6.12. The third-order valence-electron chi connectivity index (χ3n) is 4.59. The number of amides is 1. The quantitative estimate of drug-likeness (QED) is 0.598. The van der Waals surface area contributed by atoms with Crippen LogP contribution in [-0.2, 0) is 15.1 Å². The second kappa shape index (κ2) is 8.07. The van der Waals surface area contributed by atoms with E-state index in [9.17, 15) is 18.0 Å². The van der Waals surface area contributed by atoms with E-state index in [1.54, 1.807) is 52.0 Å². The molecule has 1 N–H and O–H groups in total. The van der Waals surface area contributed by atoms with E-state index in [2.05, 4.69) is 10.3 Å². The van der Waals surface area contributed by atoms with Gasteiger partial charge in [-0.25, -0.2) is 9.79 Å². The molecule has 1 aliphatic heterocycles. The van der Waals surface area contributed by atoms with Gasteiger partial charge in [-0.15, -0.1) is 0 Å². The number of carbonyl (C=O) groups excluding carboxylic acids is 1. The Morgan fingerprint density at radius 1 is 1.16 bits per heavy atom. The van der Waals surface area contributed by atoms with Gasteiger partial charge in [0.15, 0.2) is 0 Å². The van der Waals surface area contributed by atoms with Crippen LogP contribution in [0.4, 0.5) is 23.7 Å². The second-order valence-corrected chi connectivity index (χ2v) is 8.65. The maximum Gasteiger partial charge on any atom is 0.434 e. The van der Waals surface area contributed by atoms with Crippen LogP contribution in [0.2, 0.25) is 5.02 Å². The van der Waals surface area contributed by atoms with Gasteiger partial charge in [-0.3, -0.25) is 5.32 Å². The summed E-state index contributed by atoms with van der Waals surface area (Å²) in [6.07, 6.45) is -5.42. The van der Waals surface area contributed by atoms with E-state index in [0.29, 0.717) is 21.8 Å². The molecule has 9 heteroatoms. The summed E-state index contributed by atoms with van der Waals surface area (Å²) in [7, 11) is 0. The third kappa shape index (κ3) is 4.95. The Bertz CT molecular complexity index is 1010. The van der Waals surface area contributed by atoms with Gasteiger partial charge in [0.2, 0.25) is 11.5 Å². The molecule has 1 amide bonds. The van der Waals surface area contributed by atoms with Gasteiger partial charge in [-0.2, -0.15) is 13.2 Å². The lowest BCUT2D eigenvalue weighted by Crippen LogP contribution is -2.45. The number of nitrogens with zero attached hydrogens (tertiary/aromatic N) is 1. The lowest BCUT2D eigenvalue weighted by atomic mass is 9.91. The van der Waals surface area contributed by atoms with Crippen molar-refractivity contribution >= 4 is 29.3 Å². The number of rotatable bonds is 3. The number of ether oxygens (including phenoxy) is 2. The Labute approximate surface area is 183 Å². The van der Waals surface area contributed by atoms with Gasteiger partial charge in [-0.1, -0.05) is 17.7 Å². The van der Waals surface area contributed by atoms with Gasteiger partial charge in [0, 0.05) is 21.8 Å². The maximum atomic E-state index is 14.2. The summed E-state index contributed by atoms with van der Waals surface area (Å²) in [4.78, 5) is 16.0. The smallest absolute Gasteiger partial charge is 0.434 e. The number of nitrogens with one attached hydrogen (secondary N) is 1. The van der Waals surface area contributed by atoms with Crippen LogP contribution in [0, 0.1) is 6.92 Å². The molecule has 1 unspecified atom stereocenters. The topological polar surface area (TPSA) is 59.9 Å². The SMILES string of the molecule is Cc1cc(C2(C(F)(F)F)CN=C(c3ccc(Cl)cc3)O2)ccc1NC(=O)OC(C)(C)C. The highest BCUT2D eigenvalue weighted by molar-refractivity contribution is 6.30. The van der Waals surface area contributed by atoms with Gasteiger partial charge in [0.25, 0.3) is 0 Å². The molecule has 5 nitrogen and oxygen atoms in total. The Kier molecular flexibility index (Phi) is 5.97. The van der Waals surface area contributed by atoms with Crippen molar-refractivity contribution in [2.45, 2.75) is 45.1 Å². The van der Waals surface area contributed by atoms with E-state index in [1.807, 2.05) is 0 Å². The molecule has 0 aliphatic carbocycles. The average molecular weight is 455 g/mol. The molecular formula is C22H22ClF3N2O3. The molecule has 1 aliphatic rings. The molecule has 0 saturated heterocycles. The first-order chi connectivity index (χ1) is 14.3. The minimum atomic E-state index is -4.72. The number of carbonyl (C=O) groups is 1. The fourth-order valence-corrected chi connectivity index (χ4v) is 3.21. The van der Waals surface area contributed by atoms with Crippen molar-refractivity contribution in [2.75, 3.05) is 11.9 Å². The van der Waals surface area contributed by atoms with Crippen LogP contribution in [0.15, 0.2) is 47.5 Å². The zero-order valence-electron chi connectivity index (χ0n) is 17.4. The zero-order valence-corrected chi connectivity index (χ0v) is 18.2. The molecule has 3 rings (SSSR count). The molecule has 166 valence electrons. The Morgan fingerprint density at radius 3 is 2.35 bits per heavy atom. The predicted octanol–water partition coefficient (Wildman–Crippen LogP) is 6.23. The minimum Gasteiger partial charge on any atom is -0.454 e. The Hall–Kier alpha value is -2.74. The highest BCUT2D eigenvalue weighted by Crippen LogP contribution is 2.46. The van der Waals surface area contributed by atoms with Crippen molar-refractivity contribution in [1.29, 1.82) is 0 Å². The van der Waals surface area contributed by atoms with Crippen LogP contribution in [0.3, 0.4) is 0 Å². The van der Waals surface area contributed by atoms with Crippen molar-refractivity contribution in [3.63, 3.8) is 0 Å². The van der Waals surface area contributed by atoms with Crippen molar-refractivity contribution in [1.82, 2.24) is 0 Å². The number of anilines is 1. The summed E-state index contributed by atoms with van der Waals surface area (Å²) in [5.41, 5.74) is -2.28.